The number of amides is 1. The zero-order valence-corrected chi connectivity index (χ0v) is 15.8. The Morgan fingerprint density at radius 1 is 0.964 bits per heavy atom. The number of nitrogens with zero attached hydrogens (tertiary/aromatic N) is 2. The fourth-order valence-corrected chi connectivity index (χ4v) is 2.69. The molecular weight excluding hydrogens is 356 g/mol. The maximum Gasteiger partial charge on any atom is 0.337 e. The van der Waals surface area contributed by atoms with Crippen molar-refractivity contribution in [3.05, 3.63) is 77.2 Å². The molecule has 2 aromatic carbocycles. The van der Waals surface area contributed by atoms with E-state index in [0.717, 1.165) is 16.8 Å². The van der Waals surface area contributed by atoms with Crippen molar-refractivity contribution in [3.8, 4) is 0 Å². The van der Waals surface area contributed by atoms with E-state index in [2.05, 4.69) is 20.6 Å². The van der Waals surface area contributed by atoms with Crippen LogP contribution >= 0.6 is 0 Å². The highest BCUT2D eigenvalue weighted by Crippen LogP contribution is 2.20. The minimum absolute atomic E-state index is 0.205. The van der Waals surface area contributed by atoms with Crippen LogP contribution in [0.4, 0.5) is 17.2 Å². The molecule has 0 unspecified atom stereocenters. The number of carbonyl (C=O) groups is 2. The average molecular weight is 376 g/mol. The van der Waals surface area contributed by atoms with Gasteiger partial charge in [0.2, 0.25) is 0 Å². The van der Waals surface area contributed by atoms with Crippen molar-refractivity contribution >= 4 is 29.1 Å². The summed E-state index contributed by atoms with van der Waals surface area (Å²) in [5.41, 5.74) is 4.01. The first kappa shape index (κ1) is 19.0. The fourth-order valence-electron chi connectivity index (χ4n) is 2.69. The molecule has 0 radical (unpaired) electrons. The molecule has 0 aliphatic carbocycles. The number of ether oxygens (including phenoxy) is 1. The molecule has 0 saturated carbocycles. The van der Waals surface area contributed by atoms with Crippen molar-refractivity contribution in [2.75, 3.05) is 17.7 Å². The summed E-state index contributed by atoms with van der Waals surface area (Å²) in [6, 6.07) is 12.6. The standard InChI is InChI=1S/C21H20N4O3/c1-13-6-4-7-14(2)19(13)25-20(26)17-11-23-18(12-22-17)24-16-9-5-8-15(10-16)21(27)28-3/h4-12H,1-3H3,(H,23,24)(H,25,26). The summed E-state index contributed by atoms with van der Waals surface area (Å²) in [6.45, 7) is 3.87. The lowest BCUT2D eigenvalue weighted by atomic mass is 10.1. The van der Waals surface area contributed by atoms with Crippen LogP contribution in [0, 0.1) is 13.8 Å². The maximum atomic E-state index is 12.5. The summed E-state index contributed by atoms with van der Waals surface area (Å²) >= 11 is 0. The number of carbonyl (C=O) groups excluding carboxylic acids is 2. The van der Waals surface area contributed by atoms with E-state index in [0.29, 0.717) is 17.1 Å². The molecule has 0 bridgehead atoms. The Labute approximate surface area is 162 Å². The molecule has 0 atom stereocenters. The van der Waals surface area contributed by atoms with Gasteiger partial charge in [0.05, 0.1) is 25.1 Å². The second-order valence-electron chi connectivity index (χ2n) is 6.21. The van der Waals surface area contributed by atoms with Gasteiger partial charge in [-0.2, -0.15) is 0 Å². The molecule has 1 heterocycles. The molecule has 0 spiro atoms. The molecule has 0 aliphatic heterocycles. The molecule has 0 aliphatic rings. The van der Waals surface area contributed by atoms with Crippen LogP contribution in [-0.2, 0) is 4.74 Å². The van der Waals surface area contributed by atoms with Crippen LogP contribution in [0.15, 0.2) is 54.9 Å². The minimum atomic E-state index is -0.423. The molecule has 7 heteroatoms. The first-order chi connectivity index (χ1) is 13.5. The SMILES string of the molecule is COC(=O)c1cccc(Nc2cnc(C(=O)Nc3c(C)cccc3C)cn2)c1. The maximum absolute atomic E-state index is 12.5. The number of benzene rings is 2. The van der Waals surface area contributed by atoms with E-state index < -0.39 is 5.97 Å². The van der Waals surface area contributed by atoms with Crippen LogP contribution in [0.2, 0.25) is 0 Å². The zero-order chi connectivity index (χ0) is 20.1. The lowest BCUT2D eigenvalue weighted by Gasteiger charge is -2.11. The smallest absolute Gasteiger partial charge is 0.337 e. The average Bonchev–Trinajstić information content (AvgIpc) is 2.71. The predicted molar refractivity (Wildman–Crippen MR) is 107 cm³/mol. The number of anilines is 3. The van der Waals surface area contributed by atoms with Crippen LogP contribution < -0.4 is 10.6 Å². The Kier molecular flexibility index (Phi) is 5.64. The number of esters is 1. The molecule has 142 valence electrons. The number of methoxy groups -OCH3 is 1. The highest BCUT2D eigenvalue weighted by atomic mass is 16.5. The van der Waals surface area contributed by atoms with E-state index in [-0.39, 0.29) is 11.6 Å². The van der Waals surface area contributed by atoms with Gasteiger partial charge in [0.15, 0.2) is 0 Å². The third-order valence-corrected chi connectivity index (χ3v) is 4.16. The first-order valence-electron chi connectivity index (χ1n) is 8.63. The van der Waals surface area contributed by atoms with Gasteiger partial charge in [-0.05, 0) is 43.2 Å². The van der Waals surface area contributed by atoms with Gasteiger partial charge in [-0.25, -0.2) is 14.8 Å². The number of hydrogen-bond acceptors (Lipinski definition) is 6. The molecule has 0 fully saturated rings. The Hall–Kier alpha value is -3.74. The van der Waals surface area contributed by atoms with Crippen molar-refractivity contribution in [1.29, 1.82) is 0 Å². The van der Waals surface area contributed by atoms with E-state index in [1.54, 1.807) is 24.3 Å². The van der Waals surface area contributed by atoms with Gasteiger partial charge in [-0.15, -0.1) is 0 Å². The lowest BCUT2D eigenvalue weighted by Crippen LogP contribution is -2.15. The van der Waals surface area contributed by atoms with Crippen molar-refractivity contribution in [2.24, 2.45) is 0 Å². The van der Waals surface area contributed by atoms with Gasteiger partial charge in [-0.1, -0.05) is 24.3 Å². The van der Waals surface area contributed by atoms with Crippen molar-refractivity contribution in [1.82, 2.24) is 9.97 Å². The number of hydrogen-bond donors (Lipinski definition) is 2. The molecule has 1 aromatic heterocycles. The van der Waals surface area contributed by atoms with Gasteiger partial charge < -0.3 is 15.4 Å². The third kappa shape index (κ3) is 4.32. The molecule has 7 nitrogen and oxygen atoms in total. The number of rotatable bonds is 5. The van der Waals surface area contributed by atoms with Crippen molar-refractivity contribution < 1.29 is 14.3 Å². The van der Waals surface area contributed by atoms with Gasteiger partial charge in [0.25, 0.3) is 5.91 Å². The minimum Gasteiger partial charge on any atom is -0.465 e. The van der Waals surface area contributed by atoms with E-state index in [4.69, 9.17) is 4.74 Å². The van der Waals surface area contributed by atoms with Gasteiger partial charge >= 0.3 is 5.97 Å². The highest BCUT2D eigenvalue weighted by Gasteiger charge is 2.12. The molecule has 1 amide bonds. The third-order valence-electron chi connectivity index (χ3n) is 4.16. The second kappa shape index (κ2) is 8.30. The molecule has 0 saturated heterocycles. The molecule has 3 aromatic rings. The van der Waals surface area contributed by atoms with E-state index in [9.17, 15) is 9.59 Å². The number of nitrogens with one attached hydrogen (secondary N) is 2. The lowest BCUT2D eigenvalue weighted by molar-refractivity contribution is 0.0600. The predicted octanol–water partition coefficient (Wildman–Crippen LogP) is 3.88. The molecule has 28 heavy (non-hydrogen) atoms. The van der Waals surface area contributed by atoms with Crippen molar-refractivity contribution in [2.45, 2.75) is 13.8 Å². The Balaban J connectivity index is 1.71. The van der Waals surface area contributed by atoms with E-state index in [1.165, 1.54) is 19.5 Å². The summed E-state index contributed by atoms with van der Waals surface area (Å²) in [5.74, 6) is -0.303. The van der Waals surface area contributed by atoms with Crippen LogP contribution in [-0.4, -0.2) is 29.0 Å². The topological polar surface area (TPSA) is 93.2 Å². The van der Waals surface area contributed by atoms with E-state index >= 15 is 0 Å². The van der Waals surface area contributed by atoms with Gasteiger partial charge in [-0.3, -0.25) is 4.79 Å². The summed E-state index contributed by atoms with van der Waals surface area (Å²) in [7, 11) is 1.33. The van der Waals surface area contributed by atoms with Gasteiger partial charge in [0.1, 0.15) is 11.5 Å². The Morgan fingerprint density at radius 2 is 1.68 bits per heavy atom. The van der Waals surface area contributed by atoms with E-state index in [1.807, 2.05) is 32.0 Å². The first-order valence-corrected chi connectivity index (χ1v) is 8.63. The Morgan fingerprint density at radius 3 is 2.32 bits per heavy atom. The summed E-state index contributed by atoms with van der Waals surface area (Å²) in [5, 5.41) is 5.92. The Bertz CT molecular complexity index is 996. The molecular formula is C21H20N4O3. The summed E-state index contributed by atoms with van der Waals surface area (Å²) < 4.78 is 4.71. The second-order valence-corrected chi connectivity index (χ2v) is 6.21. The number of para-hydroxylation sites is 1. The molecule has 2 N–H and O–H groups in total. The molecule has 3 rings (SSSR count). The fraction of sp³-hybridized carbons (Fsp3) is 0.143. The number of aromatic nitrogens is 2. The zero-order valence-electron chi connectivity index (χ0n) is 15.8. The van der Waals surface area contributed by atoms with Crippen molar-refractivity contribution in [3.63, 3.8) is 0 Å². The highest BCUT2D eigenvalue weighted by molar-refractivity contribution is 6.03. The number of aryl methyl sites for hydroxylation is 2. The van der Waals surface area contributed by atoms with Crippen LogP contribution in [0.5, 0.6) is 0 Å². The summed E-state index contributed by atoms with van der Waals surface area (Å²) in [4.78, 5) is 32.5. The monoisotopic (exact) mass is 376 g/mol. The van der Waals surface area contributed by atoms with Crippen LogP contribution in [0.3, 0.4) is 0 Å². The van der Waals surface area contributed by atoms with Gasteiger partial charge in [0, 0.05) is 11.4 Å². The summed E-state index contributed by atoms with van der Waals surface area (Å²) in [6.07, 6.45) is 2.86. The largest absolute Gasteiger partial charge is 0.465 e. The van der Waals surface area contributed by atoms with Crippen LogP contribution in [0.25, 0.3) is 0 Å². The normalized spacial score (nSPS) is 10.2. The van der Waals surface area contributed by atoms with Crippen LogP contribution in [0.1, 0.15) is 32.0 Å². The quantitative estimate of drug-likeness (QED) is 0.657.